The molecule has 0 amide bonds. The van der Waals surface area contributed by atoms with Gasteiger partial charge in [-0.2, -0.15) is 25.6 Å². The van der Waals surface area contributed by atoms with Gasteiger partial charge in [0.1, 0.15) is 5.75 Å². The van der Waals surface area contributed by atoms with Crippen LogP contribution < -0.4 is 0 Å². The third-order valence-electron chi connectivity index (χ3n) is 5.34. The number of phenolic OH excluding ortho intramolecular Hbond substituents is 1. The van der Waals surface area contributed by atoms with Gasteiger partial charge in [0.15, 0.2) is 0 Å². The van der Waals surface area contributed by atoms with E-state index in [0.717, 1.165) is 5.56 Å². The molecule has 1 N–H and O–H groups in total. The topological polar surface area (TPSA) is 138 Å². The number of phenols is 1. The first kappa shape index (κ1) is 27.9. The highest BCUT2D eigenvalue weighted by Crippen LogP contribution is 2.33. The molecule has 1 aliphatic carbocycles. The number of nitrogens with zero attached hydrogens (tertiary/aromatic N) is 1. The SMILES string of the molecule is COCc1cc(CCOS(=O)(=O)C(F)(F)S(=O)(=O)O/N=C2/CCc3ccccc32)cc(COC)c1O. The molecular formula is C22H25F2NO9S2. The highest BCUT2D eigenvalue weighted by atomic mass is 32.3. The van der Waals surface area contributed by atoms with Gasteiger partial charge in [0.2, 0.25) is 0 Å². The molecule has 0 fully saturated rings. The Kier molecular flexibility index (Phi) is 8.67. The summed E-state index contributed by atoms with van der Waals surface area (Å²) in [7, 11) is -9.19. The van der Waals surface area contributed by atoms with E-state index in [2.05, 4.69) is 13.6 Å². The number of methoxy groups -OCH3 is 2. The molecule has 0 saturated heterocycles. The molecule has 14 heteroatoms. The molecule has 2 aromatic carbocycles. The first-order valence-electron chi connectivity index (χ1n) is 10.6. The fourth-order valence-corrected chi connectivity index (χ4v) is 5.56. The number of aromatic hydroxyl groups is 1. The predicted molar refractivity (Wildman–Crippen MR) is 124 cm³/mol. The number of rotatable bonds is 12. The summed E-state index contributed by atoms with van der Waals surface area (Å²) in [6, 6.07) is 9.75. The van der Waals surface area contributed by atoms with Crippen molar-refractivity contribution in [3.05, 3.63) is 64.2 Å². The van der Waals surface area contributed by atoms with Gasteiger partial charge in [0.25, 0.3) is 0 Å². The summed E-state index contributed by atoms with van der Waals surface area (Å²) in [5.41, 5.74) is 2.60. The van der Waals surface area contributed by atoms with Gasteiger partial charge in [0.05, 0.1) is 25.5 Å². The molecular weight excluding hydrogens is 524 g/mol. The molecule has 0 aromatic heterocycles. The number of alkyl halides is 2. The van der Waals surface area contributed by atoms with Gasteiger partial charge in [0, 0.05) is 30.9 Å². The Labute approximate surface area is 207 Å². The maximum absolute atomic E-state index is 14.5. The fourth-order valence-electron chi connectivity index (χ4n) is 3.61. The Balaban J connectivity index is 1.71. The second-order valence-electron chi connectivity index (χ2n) is 7.84. The van der Waals surface area contributed by atoms with Crippen molar-refractivity contribution in [2.75, 3.05) is 20.8 Å². The molecule has 0 aliphatic heterocycles. The first-order valence-corrected chi connectivity index (χ1v) is 13.4. The van der Waals surface area contributed by atoms with Crippen molar-refractivity contribution < 1.29 is 48.7 Å². The fraction of sp³-hybridized carbons (Fsp3) is 0.409. The number of hydrogen-bond acceptors (Lipinski definition) is 10. The van der Waals surface area contributed by atoms with Crippen LogP contribution in [0, 0.1) is 0 Å². The number of aryl methyl sites for hydroxylation is 1. The van der Waals surface area contributed by atoms with Crippen molar-refractivity contribution in [1.29, 1.82) is 0 Å². The highest BCUT2D eigenvalue weighted by molar-refractivity contribution is 8.05. The van der Waals surface area contributed by atoms with Crippen LogP contribution in [0.25, 0.3) is 0 Å². The van der Waals surface area contributed by atoms with Gasteiger partial charge in [-0.15, -0.1) is 0 Å². The van der Waals surface area contributed by atoms with Gasteiger partial charge in [-0.05, 0) is 42.5 Å². The Bertz CT molecular complexity index is 1320. The average molecular weight is 550 g/mol. The second-order valence-corrected chi connectivity index (χ2v) is 11.3. The Hall–Kier alpha value is -2.65. The Morgan fingerprint density at radius 2 is 1.58 bits per heavy atom. The molecule has 2 aromatic rings. The summed E-state index contributed by atoms with van der Waals surface area (Å²) in [6.07, 6.45) is 0.543. The third-order valence-corrected chi connectivity index (χ3v) is 8.48. The third kappa shape index (κ3) is 5.83. The molecule has 10 nitrogen and oxygen atoms in total. The van der Waals surface area contributed by atoms with Crippen molar-refractivity contribution in [3.8, 4) is 5.75 Å². The van der Waals surface area contributed by atoms with E-state index >= 15 is 0 Å². The van der Waals surface area contributed by atoms with Crippen LogP contribution in [0.1, 0.15) is 34.2 Å². The van der Waals surface area contributed by atoms with Crippen LogP contribution in [0.4, 0.5) is 8.78 Å². The van der Waals surface area contributed by atoms with Crippen LogP contribution in [0.15, 0.2) is 41.6 Å². The number of halogens is 2. The molecule has 0 unspecified atom stereocenters. The second kappa shape index (κ2) is 11.2. The summed E-state index contributed by atoms with van der Waals surface area (Å²) >= 11 is 0. The minimum Gasteiger partial charge on any atom is -0.507 e. The number of ether oxygens (including phenoxy) is 2. The Morgan fingerprint density at radius 3 is 2.19 bits per heavy atom. The van der Waals surface area contributed by atoms with Crippen molar-refractivity contribution in [2.24, 2.45) is 5.16 Å². The number of hydrogen-bond donors (Lipinski definition) is 1. The summed E-state index contributed by atoms with van der Waals surface area (Å²) in [4.78, 5) is 0. The molecule has 0 radical (unpaired) electrons. The van der Waals surface area contributed by atoms with Crippen molar-refractivity contribution in [3.63, 3.8) is 0 Å². The number of benzene rings is 2. The van der Waals surface area contributed by atoms with Crippen molar-refractivity contribution >= 4 is 25.9 Å². The van der Waals surface area contributed by atoms with Gasteiger partial charge in [-0.25, -0.2) is 0 Å². The van der Waals surface area contributed by atoms with Crippen LogP contribution >= 0.6 is 0 Å². The minimum atomic E-state index is -6.04. The van der Waals surface area contributed by atoms with Crippen molar-refractivity contribution in [2.45, 2.75) is 37.1 Å². The lowest BCUT2D eigenvalue weighted by atomic mass is 10.0. The maximum Gasteiger partial charge on any atom is 0.508 e. The van der Waals surface area contributed by atoms with E-state index in [9.17, 15) is 30.7 Å². The monoisotopic (exact) mass is 549 g/mol. The van der Waals surface area contributed by atoms with E-state index in [1.165, 1.54) is 26.4 Å². The van der Waals surface area contributed by atoms with Gasteiger partial charge in [-0.1, -0.05) is 29.4 Å². The van der Waals surface area contributed by atoms with Gasteiger partial charge < -0.3 is 14.6 Å². The zero-order valence-electron chi connectivity index (χ0n) is 19.4. The van der Waals surface area contributed by atoms with Crippen LogP contribution in [0.5, 0.6) is 5.75 Å². The van der Waals surface area contributed by atoms with E-state index in [4.69, 9.17) is 9.47 Å². The zero-order valence-corrected chi connectivity index (χ0v) is 21.1. The van der Waals surface area contributed by atoms with E-state index in [0.29, 0.717) is 28.7 Å². The molecule has 0 heterocycles. The number of oxime groups is 1. The van der Waals surface area contributed by atoms with E-state index < -0.39 is 31.4 Å². The van der Waals surface area contributed by atoms with Crippen LogP contribution in [-0.2, 0) is 64.2 Å². The minimum absolute atomic E-state index is 0.0240. The van der Waals surface area contributed by atoms with Crippen LogP contribution in [0.2, 0.25) is 0 Å². The standard InChI is InChI=1S/C22H25F2NO9S2/c1-31-13-17-11-15(12-18(14-32-2)21(17)26)9-10-33-35(27,28)22(23,24)36(29,30)34-25-20-8-7-16-5-3-4-6-19(16)20/h3-6,11-12,26H,7-10,13-14H2,1-2H3/b25-20-. The van der Waals surface area contributed by atoms with Crippen LogP contribution in [-0.4, -0.2) is 53.1 Å². The largest absolute Gasteiger partial charge is 0.508 e. The predicted octanol–water partition coefficient (Wildman–Crippen LogP) is 2.82. The lowest BCUT2D eigenvalue weighted by Crippen LogP contribution is -2.40. The summed E-state index contributed by atoms with van der Waals surface area (Å²) in [5, 5.41) is 13.5. The molecule has 1 aliphatic rings. The molecule has 0 saturated carbocycles. The smallest absolute Gasteiger partial charge is 0.507 e. The van der Waals surface area contributed by atoms with E-state index in [-0.39, 0.29) is 37.5 Å². The molecule has 36 heavy (non-hydrogen) atoms. The van der Waals surface area contributed by atoms with Crippen LogP contribution in [0.3, 0.4) is 0 Å². The zero-order chi connectivity index (χ0) is 26.6. The molecule has 0 bridgehead atoms. The first-order chi connectivity index (χ1) is 16.9. The summed E-state index contributed by atoms with van der Waals surface area (Å²) < 4.78 is 90.4. The number of fused-ring (bicyclic) bond motifs is 1. The van der Waals surface area contributed by atoms with E-state index in [1.807, 2.05) is 0 Å². The normalized spacial score (nSPS) is 15.3. The van der Waals surface area contributed by atoms with Gasteiger partial charge in [-0.3, -0.25) is 8.47 Å². The lowest BCUT2D eigenvalue weighted by molar-refractivity contribution is 0.132. The van der Waals surface area contributed by atoms with Crippen molar-refractivity contribution in [1.82, 2.24) is 0 Å². The Morgan fingerprint density at radius 1 is 0.972 bits per heavy atom. The average Bonchev–Trinajstić information content (AvgIpc) is 3.24. The molecule has 0 spiro atoms. The quantitative estimate of drug-likeness (QED) is 0.313. The van der Waals surface area contributed by atoms with E-state index in [1.54, 1.807) is 24.3 Å². The summed E-state index contributed by atoms with van der Waals surface area (Å²) in [6.45, 7) is -0.759. The molecule has 0 atom stereocenters. The molecule has 198 valence electrons. The lowest BCUT2D eigenvalue weighted by Gasteiger charge is -2.16. The molecule has 3 rings (SSSR count). The van der Waals surface area contributed by atoms with Gasteiger partial charge >= 0.3 is 24.8 Å². The highest BCUT2D eigenvalue weighted by Gasteiger charge is 2.61. The maximum atomic E-state index is 14.5. The summed E-state index contributed by atoms with van der Waals surface area (Å²) in [5.74, 6) is -0.0859.